The Hall–Kier alpha value is -1.47. The molecule has 3 rings (SSSR count). The van der Waals surface area contributed by atoms with E-state index in [2.05, 4.69) is 5.32 Å². The van der Waals surface area contributed by atoms with Crippen LogP contribution in [0.3, 0.4) is 0 Å². The lowest BCUT2D eigenvalue weighted by Gasteiger charge is -2.31. The molecule has 0 heterocycles. The van der Waals surface area contributed by atoms with Crippen molar-refractivity contribution >= 4 is 58.4 Å². The van der Waals surface area contributed by atoms with Crippen molar-refractivity contribution < 1.29 is 14.0 Å². The van der Waals surface area contributed by atoms with Gasteiger partial charge >= 0.3 is 0 Å². The van der Waals surface area contributed by atoms with Gasteiger partial charge in [-0.3, -0.25) is 9.59 Å². The molecule has 2 aromatic carbocycles. The van der Waals surface area contributed by atoms with E-state index in [9.17, 15) is 14.0 Å². The molecule has 0 saturated heterocycles. The maximum absolute atomic E-state index is 14.1. The van der Waals surface area contributed by atoms with Crippen molar-refractivity contribution in [3.63, 3.8) is 0 Å². The minimum Gasteiger partial charge on any atom is -0.352 e. The summed E-state index contributed by atoms with van der Waals surface area (Å²) in [6.45, 7) is 1.80. The summed E-state index contributed by atoms with van der Waals surface area (Å²) in [6.07, 6.45) is 5.25. The van der Waals surface area contributed by atoms with Crippen molar-refractivity contribution in [1.82, 2.24) is 10.2 Å². The normalized spacial score (nSPS) is 15.1. The average molecular weight is 546 g/mol. The summed E-state index contributed by atoms with van der Waals surface area (Å²) in [6, 6.07) is 9.03. The lowest BCUT2D eigenvalue weighted by Crippen LogP contribution is -2.50. The van der Waals surface area contributed by atoms with Crippen molar-refractivity contribution in [3.05, 3.63) is 68.4 Å². The molecular weight excluding hydrogens is 518 g/mol. The summed E-state index contributed by atoms with van der Waals surface area (Å²) < 4.78 is 14.1. The van der Waals surface area contributed by atoms with E-state index in [0.29, 0.717) is 26.2 Å². The highest BCUT2D eigenvalue weighted by Gasteiger charge is 2.29. The summed E-state index contributed by atoms with van der Waals surface area (Å²) >= 11 is 20.1. The SMILES string of the molecule is C[C@@H](C(=O)NC1CCCCC1)N(Cc1c(Cl)cccc1Cl)C(=O)CSCc1c(F)cccc1Cl. The topological polar surface area (TPSA) is 49.4 Å². The van der Waals surface area contributed by atoms with Crippen molar-refractivity contribution in [3.8, 4) is 0 Å². The Morgan fingerprint density at radius 1 is 1.03 bits per heavy atom. The Balaban J connectivity index is 1.73. The van der Waals surface area contributed by atoms with Gasteiger partial charge in [0.15, 0.2) is 0 Å². The molecule has 9 heteroatoms. The number of halogens is 4. The molecule has 4 nitrogen and oxygen atoms in total. The number of hydrogen-bond donors (Lipinski definition) is 1. The molecule has 1 fully saturated rings. The van der Waals surface area contributed by atoms with E-state index >= 15 is 0 Å². The van der Waals surface area contributed by atoms with E-state index in [1.807, 2.05) is 0 Å². The average Bonchev–Trinajstić information content (AvgIpc) is 2.81. The number of carbonyl (C=O) groups is 2. The van der Waals surface area contributed by atoms with E-state index in [0.717, 1.165) is 25.7 Å². The van der Waals surface area contributed by atoms with Gasteiger partial charge in [0.25, 0.3) is 0 Å². The first kappa shape index (κ1) is 27.1. The largest absolute Gasteiger partial charge is 0.352 e. The number of nitrogens with one attached hydrogen (secondary N) is 1. The summed E-state index contributed by atoms with van der Waals surface area (Å²) in [5.74, 6) is -0.591. The third-order valence-corrected chi connectivity index (χ3v) is 8.05. The third-order valence-electron chi connectivity index (χ3n) is 6.04. The predicted molar refractivity (Wildman–Crippen MR) is 139 cm³/mol. The van der Waals surface area contributed by atoms with Gasteiger partial charge < -0.3 is 10.2 Å². The molecule has 0 bridgehead atoms. The number of thioether (sulfide) groups is 1. The lowest BCUT2D eigenvalue weighted by molar-refractivity contribution is -0.139. The van der Waals surface area contributed by atoms with Crippen LogP contribution in [0.1, 0.15) is 50.2 Å². The van der Waals surface area contributed by atoms with Gasteiger partial charge in [-0.1, -0.05) is 66.2 Å². The number of rotatable bonds is 9. The van der Waals surface area contributed by atoms with Gasteiger partial charge in [0, 0.05) is 44.5 Å². The molecule has 1 N–H and O–H groups in total. The Labute approximate surface area is 219 Å². The monoisotopic (exact) mass is 544 g/mol. The molecule has 0 aliphatic heterocycles. The van der Waals surface area contributed by atoms with Crippen molar-refractivity contribution in [2.24, 2.45) is 0 Å². The summed E-state index contributed by atoms with van der Waals surface area (Å²) in [5, 5.41) is 4.27. The molecule has 0 spiro atoms. The maximum atomic E-state index is 14.1. The van der Waals surface area contributed by atoms with Crippen LogP contribution in [0.25, 0.3) is 0 Å². The predicted octanol–water partition coefficient (Wildman–Crippen LogP) is 6.89. The van der Waals surface area contributed by atoms with Crippen LogP contribution >= 0.6 is 46.6 Å². The maximum Gasteiger partial charge on any atom is 0.242 e. The van der Waals surface area contributed by atoms with Crippen LogP contribution in [0.5, 0.6) is 0 Å². The Morgan fingerprint density at radius 3 is 2.24 bits per heavy atom. The molecule has 184 valence electrons. The molecule has 2 amide bonds. The van der Waals surface area contributed by atoms with Gasteiger partial charge in [-0.05, 0) is 44.0 Å². The van der Waals surface area contributed by atoms with Gasteiger partial charge in [-0.25, -0.2) is 4.39 Å². The fourth-order valence-corrected chi connectivity index (χ4v) is 5.76. The molecule has 0 radical (unpaired) electrons. The van der Waals surface area contributed by atoms with E-state index in [-0.39, 0.29) is 35.9 Å². The molecular formula is C25H28Cl3FN2O2S. The van der Waals surface area contributed by atoms with Gasteiger partial charge in [0.1, 0.15) is 11.9 Å². The van der Waals surface area contributed by atoms with Crippen LogP contribution in [0.2, 0.25) is 15.1 Å². The van der Waals surface area contributed by atoms with Gasteiger partial charge in [-0.15, -0.1) is 11.8 Å². The second-order valence-electron chi connectivity index (χ2n) is 8.43. The number of nitrogens with zero attached hydrogens (tertiary/aromatic N) is 1. The van der Waals surface area contributed by atoms with Crippen LogP contribution < -0.4 is 5.32 Å². The summed E-state index contributed by atoms with van der Waals surface area (Å²) in [4.78, 5) is 27.8. The van der Waals surface area contributed by atoms with E-state index in [1.165, 1.54) is 29.1 Å². The highest BCUT2D eigenvalue weighted by Crippen LogP contribution is 2.28. The zero-order valence-electron chi connectivity index (χ0n) is 19.0. The number of amides is 2. The Kier molecular flexibility index (Phi) is 10.4. The van der Waals surface area contributed by atoms with Gasteiger partial charge in [0.2, 0.25) is 11.8 Å². The zero-order valence-corrected chi connectivity index (χ0v) is 22.0. The van der Waals surface area contributed by atoms with Gasteiger partial charge in [-0.2, -0.15) is 0 Å². The van der Waals surface area contributed by atoms with Crippen LogP contribution in [0.15, 0.2) is 36.4 Å². The third kappa shape index (κ3) is 7.27. The molecule has 0 unspecified atom stereocenters. The molecule has 1 aliphatic rings. The van der Waals surface area contributed by atoms with Crippen LogP contribution in [-0.2, 0) is 21.9 Å². The molecule has 1 atom stereocenters. The van der Waals surface area contributed by atoms with Crippen molar-refractivity contribution in [2.75, 3.05) is 5.75 Å². The van der Waals surface area contributed by atoms with E-state index < -0.39 is 11.9 Å². The summed E-state index contributed by atoms with van der Waals surface area (Å²) in [7, 11) is 0. The van der Waals surface area contributed by atoms with Crippen LogP contribution in [-0.4, -0.2) is 34.6 Å². The minimum atomic E-state index is -0.723. The van der Waals surface area contributed by atoms with E-state index in [4.69, 9.17) is 34.8 Å². The number of carbonyl (C=O) groups excluding carboxylic acids is 2. The smallest absolute Gasteiger partial charge is 0.242 e. The highest BCUT2D eigenvalue weighted by atomic mass is 35.5. The van der Waals surface area contributed by atoms with E-state index in [1.54, 1.807) is 37.3 Å². The molecule has 34 heavy (non-hydrogen) atoms. The summed E-state index contributed by atoms with van der Waals surface area (Å²) in [5.41, 5.74) is 0.935. The van der Waals surface area contributed by atoms with Crippen LogP contribution in [0, 0.1) is 5.82 Å². The van der Waals surface area contributed by atoms with Crippen molar-refractivity contribution in [1.29, 1.82) is 0 Å². The minimum absolute atomic E-state index is 0.0494. The molecule has 1 saturated carbocycles. The zero-order chi connectivity index (χ0) is 24.7. The first-order valence-electron chi connectivity index (χ1n) is 11.3. The highest BCUT2D eigenvalue weighted by molar-refractivity contribution is 7.99. The van der Waals surface area contributed by atoms with Crippen molar-refractivity contribution in [2.45, 2.75) is 63.4 Å². The first-order chi connectivity index (χ1) is 16.3. The molecule has 1 aliphatic carbocycles. The number of hydrogen-bond acceptors (Lipinski definition) is 3. The lowest BCUT2D eigenvalue weighted by atomic mass is 9.95. The Bertz CT molecular complexity index is 977. The number of benzene rings is 2. The molecule has 0 aromatic heterocycles. The first-order valence-corrected chi connectivity index (χ1v) is 13.6. The fraction of sp³-hybridized carbons (Fsp3) is 0.440. The molecule has 2 aromatic rings. The standard InChI is InChI=1S/C25H28Cl3FN2O2S/c1-16(25(33)30-17-7-3-2-4-8-17)31(13-18-20(26)9-5-10-21(18)27)24(32)15-34-14-19-22(28)11-6-12-23(19)29/h5-6,9-12,16-17H,2-4,7-8,13-15H2,1H3,(H,30,33)/t16-/m0/s1. The quantitative estimate of drug-likeness (QED) is 0.373. The Morgan fingerprint density at radius 2 is 1.62 bits per heavy atom. The van der Waals surface area contributed by atoms with Crippen LogP contribution in [0.4, 0.5) is 4.39 Å². The second-order valence-corrected chi connectivity index (χ2v) is 10.6. The fourth-order valence-electron chi connectivity index (χ4n) is 4.00. The van der Waals surface area contributed by atoms with Gasteiger partial charge in [0.05, 0.1) is 5.75 Å². The second kappa shape index (κ2) is 13.0.